The highest BCUT2D eigenvalue weighted by Crippen LogP contribution is 2.44. The van der Waals surface area contributed by atoms with Gasteiger partial charge in [0, 0.05) is 34.8 Å². The summed E-state index contributed by atoms with van der Waals surface area (Å²) in [4.78, 5) is 38.7. The van der Waals surface area contributed by atoms with Crippen molar-refractivity contribution in [2.24, 2.45) is 0 Å². The number of carbonyl (C=O) groups excluding carboxylic acids is 2. The number of nitrogens with zero attached hydrogens (tertiary/aromatic N) is 4. The molecular weight excluding hydrogens is 597 g/mol. The topological polar surface area (TPSA) is 151 Å². The Morgan fingerprint density at radius 1 is 1.14 bits per heavy atom. The van der Waals surface area contributed by atoms with E-state index in [1.54, 1.807) is 49.8 Å². The van der Waals surface area contributed by atoms with Crippen LogP contribution in [-0.4, -0.2) is 69.2 Å². The molecule has 0 bridgehead atoms. The number of urea groups is 1. The Balaban J connectivity index is 1.42. The third-order valence-corrected chi connectivity index (χ3v) is 6.37. The summed E-state index contributed by atoms with van der Waals surface area (Å²) in [5.74, 6) is -0.284. The number of likely N-dealkylation sites (N-methyl/N-ethyl adjacent to an activating group) is 1. The van der Waals surface area contributed by atoms with Crippen molar-refractivity contribution in [2.75, 3.05) is 24.3 Å². The highest BCUT2D eigenvalue weighted by atomic mass is 127. The van der Waals surface area contributed by atoms with E-state index in [9.17, 15) is 9.59 Å². The Bertz CT molecular complexity index is 1330. The summed E-state index contributed by atoms with van der Waals surface area (Å²) in [7, 11) is 1.57. The third kappa shape index (κ3) is 5.05. The van der Waals surface area contributed by atoms with Gasteiger partial charge in [0.15, 0.2) is 38.9 Å². The largest absolute Gasteiger partial charge is 0.497 e. The van der Waals surface area contributed by atoms with Gasteiger partial charge in [-0.05, 0) is 45.0 Å². The van der Waals surface area contributed by atoms with Crippen LogP contribution in [0.5, 0.6) is 5.75 Å². The fourth-order valence-electron chi connectivity index (χ4n) is 4.39. The smallest absolute Gasteiger partial charge is 0.324 e. The summed E-state index contributed by atoms with van der Waals surface area (Å²) in [6.45, 7) is 5.87. The van der Waals surface area contributed by atoms with Crippen LogP contribution < -0.4 is 20.7 Å². The molecule has 0 unspecified atom stereocenters. The number of anilines is 2. The first-order valence-corrected chi connectivity index (χ1v) is 12.7. The fraction of sp³-hybridized carbons (Fsp3) is 0.435. The summed E-state index contributed by atoms with van der Waals surface area (Å²) >= 11 is 1.96. The normalized spacial score (nSPS) is 24.0. The lowest BCUT2D eigenvalue weighted by molar-refractivity contribution is -0.197. The molecule has 4 heterocycles. The van der Waals surface area contributed by atoms with Gasteiger partial charge in [-0.2, -0.15) is 0 Å². The van der Waals surface area contributed by atoms with Gasteiger partial charge in [0.2, 0.25) is 0 Å². The van der Waals surface area contributed by atoms with Gasteiger partial charge >= 0.3 is 6.03 Å². The van der Waals surface area contributed by atoms with Gasteiger partial charge in [-0.3, -0.25) is 14.7 Å². The van der Waals surface area contributed by atoms with Crippen LogP contribution in [0.15, 0.2) is 30.6 Å². The number of hydrogen-bond acceptors (Lipinski definition) is 9. The SMILES string of the molecule is CCNC(=O)[C@H]1O[C@@H](n2cnc3c(NC(=O)Nc4ccc(OC)cc4)nc(I)nc32)[C@@H]2OC(C)(C)O[C@@H]21. The molecule has 5 rings (SSSR count). The van der Waals surface area contributed by atoms with Crippen LogP contribution in [0.4, 0.5) is 16.3 Å². The van der Waals surface area contributed by atoms with Crippen molar-refractivity contribution < 1.29 is 28.5 Å². The first-order chi connectivity index (χ1) is 17.7. The summed E-state index contributed by atoms with van der Waals surface area (Å²) in [5.41, 5.74) is 1.34. The Kier molecular flexibility index (Phi) is 6.91. The maximum atomic E-state index is 12.7. The number of rotatable bonds is 6. The Morgan fingerprint density at radius 3 is 2.57 bits per heavy atom. The van der Waals surface area contributed by atoms with Crippen molar-refractivity contribution in [3.8, 4) is 5.75 Å². The van der Waals surface area contributed by atoms with E-state index in [1.165, 1.54) is 6.33 Å². The predicted octanol–water partition coefficient (Wildman–Crippen LogP) is 2.64. The van der Waals surface area contributed by atoms with E-state index in [4.69, 9.17) is 18.9 Å². The number of fused-ring (bicyclic) bond motifs is 2. The zero-order valence-corrected chi connectivity index (χ0v) is 22.7. The average molecular weight is 623 g/mol. The van der Waals surface area contributed by atoms with Crippen LogP contribution in [0, 0.1) is 3.83 Å². The number of benzene rings is 1. The standard InChI is InChI=1S/C23H26IN7O6/c1-5-25-19(32)15-14-16(37-23(2,3)36-14)20(35-15)31-10-26-13-17(28-21(24)30-18(13)31)29-22(33)27-11-6-8-12(34-4)9-7-11/h6-10,14-16,20H,5H2,1-4H3,(H,25,32)(H2,27,28,29,30,33)/t14-,15+,16-,20-/m1/s1. The maximum absolute atomic E-state index is 12.7. The molecule has 0 spiro atoms. The summed E-state index contributed by atoms with van der Waals surface area (Å²) in [6, 6.07) is 6.41. The number of nitrogens with one attached hydrogen (secondary N) is 3. The van der Waals surface area contributed by atoms with E-state index in [1.807, 2.05) is 29.5 Å². The van der Waals surface area contributed by atoms with Crippen molar-refractivity contribution in [1.29, 1.82) is 0 Å². The van der Waals surface area contributed by atoms with E-state index in [0.29, 0.717) is 33.0 Å². The summed E-state index contributed by atoms with van der Waals surface area (Å²) in [6.07, 6.45) is -1.28. The van der Waals surface area contributed by atoms with E-state index < -0.39 is 36.4 Å². The second-order valence-corrected chi connectivity index (χ2v) is 9.84. The summed E-state index contributed by atoms with van der Waals surface area (Å²) < 4.78 is 25.5. The van der Waals surface area contributed by atoms with Gasteiger partial charge in [-0.1, -0.05) is 0 Å². The Hall–Kier alpha value is -3.08. The molecule has 2 aromatic heterocycles. The molecule has 37 heavy (non-hydrogen) atoms. The minimum Gasteiger partial charge on any atom is -0.497 e. The zero-order valence-electron chi connectivity index (χ0n) is 20.5. The second kappa shape index (κ2) is 10.00. The van der Waals surface area contributed by atoms with Crippen LogP contribution in [0.25, 0.3) is 11.2 Å². The minimum absolute atomic E-state index is 0.220. The molecule has 196 valence electrons. The van der Waals surface area contributed by atoms with Crippen molar-refractivity contribution in [1.82, 2.24) is 24.8 Å². The molecule has 13 nitrogen and oxygen atoms in total. The lowest BCUT2D eigenvalue weighted by atomic mass is 10.1. The van der Waals surface area contributed by atoms with E-state index in [2.05, 4.69) is 30.9 Å². The monoisotopic (exact) mass is 623 g/mol. The van der Waals surface area contributed by atoms with Crippen LogP contribution in [-0.2, 0) is 19.0 Å². The molecule has 2 aliphatic rings. The van der Waals surface area contributed by atoms with Gasteiger partial charge in [0.05, 0.1) is 13.4 Å². The molecule has 2 aliphatic heterocycles. The van der Waals surface area contributed by atoms with Crippen molar-refractivity contribution in [3.05, 3.63) is 34.4 Å². The van der Waals surface area contributed by atoms with Crippen LogP contribution in [0.2, 0.25) is 0 Å². The van der Waals surface area contributed by atoms with Crippen molar-refractivity contribution in [2.45, 2.75) is 51.1 Å². The van der Waals surface area contributed by atoms with Gasteiger partial charge < -0.3 is 29.6 Å². The van der Waals surface area contributed by atoms with Crippen LogP contribution in [0.1, 0.15) is 27.0 Å². The zero-order chi connectivity index (χ0) is 26.3. The number of halogens is 1. The lowest BCUT2D eigenvalue weighted by Gasteiger charge is -2.24. The molecule has 3 N–H and O–H groups in total. The number of methoxy groups -OCH3 is 1. The number of hydrogen-bond donors (Lipinski definition) is 3. The number of amides is 3. The fourth-order valence-corrected chi connectivity index (χ4v) is 4.86. The van der Waals surface area contributed by atoms with E-state index in [0.717, 1.165) is 0 Å². The first kappa shape index (κ1) is 25.6. The molecule has 4 atom stereocenters. The summed E-state index contributed by atoms with van der Waals surface area (Å²) in [5, 5.41) is 8.27. The molecule has 3 aromatic rings. The molecule has 1 aromatic carbocycles. The van der Waals surface area contributed by atoms with E-state index >= 15 is 0 Å². The quantitative estimate of drug-likeness (QED) is 0.278. The van der Waals surface area contributed by atoms with Gasteiger partial charge in [-0.15, -0.1) is 0 Å². The number of carbonyl (C=O) groups is 2. The number of imidazole rings is 1. The van der Waals surface area contributed by atoms with Crippen molar-refractivity contribution in [3.63, 3.8) is 0 Å². The van der Waals surface area contributed by atoms with Gasteiger partial charge in [-0.25, -0.2) is 19.7 Å². The number of ether oxygens (including phenoxy) is 4. The number of aromatic nitrogens is 4. The first-order valence-electron chi connectivity index (χ1n) is 11.6. The highest BCUT2D eigenvalue weighted by molar-refractivity contribution is 14.1. The molecule has 14 heteroatoms. The van der Waals surface area contributed by atoms with Gasteiger partial charge in [0.25, 0.3) is 5.91 Å². The molecule has 0 saturated carbocycles. The Labute approximate surface area is 225 Å². The third-order valence-electron chi connectivity index (χ3n) is 5.89. The van der Waals surface area contributed by atoms with E-state index in [-0.39, 0.29) is 11.7 Å². The molecule has 0 radical (unpaired) electrons. The minimum atomic E-state index is -0.895. The molecule has 2 saturated heterocycles. The molecular formula is C23H26IN7O6. The average Bonchev–Trinajstić information content (AvgIpc) is 3.50. The van der Waals surface area contributed by atoms with Crippen LogP contribution >= 0.6 is 22.6 Å². The Morgan fingerprint density at radius 2 is 1.86 bits per heavy atom. The predicted molar refractivity (Wildman–Crippen MR) is 140 cm³/mol. The lowest BCUT2D eigenvalue weighted by Crippen LogP contribution is -2.42. The molecule has 0 aliphatic carbocycles. The molecule has 3 amide bonds. The highest BCUT2D eigenvalue weighted by Gasteiger charge is 2.58. The van der Waals surface area contributed by atoms with Crippen LogP contribution in [0.3, 0.4) is 0 Å². The van der Waals surface area contributed by atoms with Gasteiger partial charge in [0.1, 0.15) is 18.0 Å². The molecule has 2 fully saturated rings. The van der Waals surface area contributed by atoms with Crippen molar-refractivity contribution >= 4 is 57.2 Å². The second-order valence-electron chi connectivity index (χ2n) is 8.88. The maximum Gasteiger partial charge on any atom is 0.324 e.